The molecule has 1 aromatic heterocycles. The van der Waals surface area contributed by atoms with E-state index in [9.17, 15) is 0 Å². The van der Waals surface area contributed by atoms with Gasteiger partial charge in [0.05, 0.1) is 0 Å². The van der Waals surface area contributed by atoms with Crippen LogP contribution in [0.3, 0.4) is 0 Å². The van der Waals surface area contributed by atoms with Crippen LogP contribution in [-0.2, 0) is 11.3 Å². The average molecular weight is 345 g/mol. The fourth-order valence-electron chi connectivity index (χ4n) is 4.61. The molecule has 138 valence electrons. The van der Waals surface area contributed by atoms with Gasteiger partial charge in [-0.25, -0.2) is 9.97 Å². The molecule has 2 aliphatic heterocycles. The summed E-state index contributed by atoms with van der Waals surface area (Å²) in [5.41, 5.74) is 1.26. The highest BCUT2D eigenvalue weighted by atomic mass is 16.5. The molecule has 0 atom stereocenters. The molecule has 5 nitrogen and oxygen atoms in total. The lowest BCUT2D eigenvalue weighted by atomic mass is 9.89. The van der Waals surface area contributed by atoms with Crippen molar-refractivity contribution >= 4 is 0 Å². The molecule has 0 bridgehead atoms. The molecule has 0 unspecified atom stereocenters. The van der Waals surface area contributed by atoms with Crippen molar-refractivity contribution < 1.29 is 4.74 Å². The zero-order chi connectivity index (χ0) is 16.9. The Labute approximate surface area is 151 Å². The fourth-order valence-corrected chi connectivity index (χ4v) is 4.61. The Bertz CT molecular complexity index is 515. The van der Waals surface area contributed by atoms with Gasteiger partial charge in [-0.2, -0.15) is 0 Å². The number of ether oxygens (including phenoxy) is 1. The Morgan fingerprint density at radius 1 is 0.880 bits per heavy atom. The number of rotatable bonds is 4. The van der Waals surface area contributed by atoms with E-state index >= 15 is 0 Å². The van der Waals surface area contributed by atoms with Gasteiger partial charge in [0.15, 0.2) is 0 Å². The second kappa shape index (κ2) is 8.56. The van der Waals surface area contributed by atoms with Crippen molar-refractivity contribution in [2.45, 2.75) is 63.5 Å². The van der Waals surface area contributed by atoms with Crippen LogP contribution >= 0.6 is 0 Å². The van der Waals surface area contributed by atoms with Crippen molar-refractivity contribution in [3.05, 3.63) is 23.8 Å². The molecule has 4 rings (SSSR count). The highest BCUT2D eigenvalue weighted by Gasteiger charge is 2.25. The number of nitrogens with zero attached hydrogens (tertiary/aromatic N) is 4. The molecule has 3 heterocycles. The summed E-state index contributed by atoms with van der Waals surface area (Å²) in [5.74, 6) is 1.68. The summed E-state index contributed by atoms with van der Waals surface area (Å²) in [6.07, 6.45) is 13.2. The maximum atomic E-state index is 5.49. The van der Waals surface area contributed by atoms with Gasteiger partial charge in [0.25, 0.3) is 0 Å². The fraction of sp³-hybridized carbons (Fsp3) is 0.800. The summed E-state index contributed by atoms with van der Waals surface area (Å²) >= 11 is 0. The van der Waals surface area contributed by atoms with E-state index in [0.29, 0.717) is 5.92 Å². The number of hydrogen-bond acceptors (Lipinski definition) is 5. The van der Waals surface area contributed by atoms with E-state index in [-0.39, 0.29) is 0 Å². The Kier molecular flexibility index (Phi) is 5.95. The van der Waals surface area contributed by atoms with Gasteiger partial charge in [-0.15, -0.1) is 0 Å². The first kappa shape index (κ1) is 17.4. The van der Waals surface area contributed by atoms with Gasteiger partial charge in [-0.3, -0.25) is 9.80 Å². The molecule has 0 amide bonds. The SMILES string of the molecule is c1nc(C2CCCCC2)ncc1CN1CCN(C2CCOCC2)CC1. The van der Waals surface area contributed by atoms with E-state index in [1.807, 2.05) is 0 Å². The normalized spacial score (nSPS) is 25.3. The first-order valence-corrected chi connectivity index (χ1v) is 10.2. The van der Waals surface area contributed by atoms with Crippen LogP contribution in [0.5, 0.6) is 0 Å². The molecule has 0 radical (unpaired) electrons. The van der Waals surface area contributed by atoms with E-state index in [1.54, 1.807) is 0 Å². The molecule has 0 aromatic carbocycles. The van der Waals surface area contributed by atoms with Gasteiger partial charge in [0, 0.05) is 75.9 Å². The Balaban J connectivity index is 1.25. The second-order valence-corrected chi connectivity index (χ2v) is 7.94. The quantitative estimate of drug-likeness (QED) is 0.840. The van der Waals surface area contributed by atoms with Gasteiger partial charge in [0.1, 0.15) is 5.82 Å². The van der Waals surface area contributed by atoms with Crippen LogP contribution in [0.1, 0.15) is 62.3 Å². The van der Waals surface area contributed by atoms with Crippen LogP contribution in [-0.4, -0.2) is 65.2 Å². The summed E-state index contributed by atoms with van der Waals surface area (Å²) in [6, 6.07) is 0.744. The second-order valence-electron chi connectivity index (χ2n) is 7.94. The van der Waals surface area contributed by atoms with Gasteiger partial charge in [-0.05, 0) is 25.7 Å². The molecule has 25 heavy (non-hydrogen) atoms. The Morgan fingerprint density at radius 3 is 2.24 bits per heavy atom. The van der Waals surface area contributed by atoms with E-state index in [4.69, 9.17) is 14.7 Å². The third-order valence-corrected chi connectivity index (χ3v) is 6.22. The van der Waals surface area contributed by atoms with Crippen molar-refractivity contribution in [2.75, 3.05) is 39.4 Å². The highest BCUT2D eigenvalue weighted by Crippen LogP contribution is 2.30. The Hall–Kier alpha value is -1.04. The lowest BCUT2D eigenvalue weighted by molar-refractivity contribution is 0.0126. The van der Waals surface area contributed by atoms with Crippen molar-refractivity contribution in [1.82, 2.24) is 19.8 Å². The maximum Gasteiger partial charge on any atom is 0.131 e. The predicted octanol–water partition coefficient (Wildman–Crippen LogP) is 2.82. The van der Waals surface area contributed by atoms with Crippen LogP contribution in [0.2, 0.25) is 0 Å². The van der Waals surface area contributed by atoms with Crippen LogP contribution in [0.15, 0.2) is 12.4 Å². The van der Waals surface area contributed by atoms with E-state index < -0.39 is 0 Å². The van der Waals surface area contributed by atoms with Crippen LogP contribution < -0.4 is 0 Å². The summed E-state index contributed by atoms with van der Waals surface area (Å²) in [7, 11) is 0. The monoisotopic (exact) mass is 344 g/mol. The third-order valence-electron chi connectivity index (χ3n) is 6.22. The van der Waals surface area contributed by atoms with Crippen molar-refractivity contribution in [3.63, 3.8) is 0 Å². The minimum Gasteiger partial charge on any atom is -0.381 e. The van der Waals surface area contributed by atoms with Crippen LogP contribution in [0.4, 0.5) is 0 Å². The highest BCUT2D eigenvalue weighted by molar-refractivity contribution is 5.08. The minimum absolute atomic E-state index is 0.603. The largest absolute Gasteiger partial charge is 0.381 e. The summed E-state index contributed by atoms with van der Waals surface area (Å²) in [5, 5.41) is 0. The summed E-state index contributed by atoms with van der Waals surface area (Å²) in [6.45, 7) is 7.55. The average Bonchev–Trinajstić information content (AvgIpc) is 2.71. The number of piperazine rings is 1. The van der Waals surface area contributed by atoms with E-state index in [1.165, 1.54) is 63.6 Å². The van der Waals surface area contributed by atoms with E-state index in [2.05, 4.69) is 22.2 Å². The standard InChI is InChI=1S/C20H32N4O/c1-2-4-18(5-3-1)20-21-14-17(15-22-20)16-23-8-10-24(11-9-23)19-6-12-25-13-7-19/h14-15,18-19H,1-13,16H2. The van der Waals surface area contributed by atoms with Gasteiger partial charge < -0.3 is 4.74 Å². The molecule has 3 aliphatic rings. The molecular formula is C20H32N4O. The summed E-state index contributed by atoms with van der Waals surface area (Å²) in [4.78, 5) is 14.6. The predicted molar refractivity (Wildman–Crippen MR) is 98.5 cm³/mol. The van der Waals surface area contributed by atoms with Crippen LogP contribution in [0.25, 0.3) is 0 Å². The first-order valence-electron chi connectivity index (χ1n) is 10.2. The maximum absolute atomic E-state index is 5.49. The minimum atomic E-state index is 0.603. The van der Waals surface area contributed by atoms with Crippen molar-refractivity contribution in [3.8, 4) is 0 Å². The molecular weight excluding hydrogens is 312 g/mol. The molecule has 1 aliphatic carbocycles. The number of aromatic nitrogens is 2. The molecule has 5 heteroatoms. The van der Waals surface area contributed by atoms with Crippen molar-refractivity contribution in [2.24, 2.45) is 0 Å². The lowest BCUT2D eigenvalue weighted by Gasteiger charge is -2.40. The topological polar surface area (TPSA) is 41.5 Å². The third kappa shape index (κ3) is 4.57. The molecule has 2 saturated heterocycles. The Morgan fingerprint density at radius 2 is 1.56 bits per heavy atom. The molecule has 0 spiro atoms. The van der Waals surface area contributed by atoms with E-state index in [0.717, 1.165) is 44.7 Å². The lowest BCUT2D eigenvalue weighted by Crippen LogP contribution is -2.51. The van der Waals surface area contributed by atoms with Crippen molar-refractivity contribution in [1.29, 1.82) is 0 Å². The number of hydrogen-bond donors (Lipinski definition) is 0. The van der Waals surface area contributed by atoms with Gasteiger partial charge >= 0.3 is 0 Å². The molecule has 1 aromatic rings. The zero-order valence-electron chi connectivity index (χ0n) is 15.4. The van der Waals surface area contributed by atoms with Crippen LogP contribution in [0, 0.1) is 0 Å². The first-order chi connectivity index (χ1) is 12.4. The molecule has 1 saturated carbocycles. The summed E-state index contributed by atoms with van der Waals surface area (Å²) < 4.78 is 5.49. The zero-order valence-corrected chi connectivity index (χ0v) is 15.4. The van der Waals surface area contributed by atoms with Gasteiger partial charge in [0.2, 0.25) is 0 Å². The molecule has 3 fully saturated rings. The van der Waals surface area contributed by atoms with Gasteiger partial charge in [-0.1, -0.05) is 19.3 Å². The molecule has 0 N–H and O–H groups in total. The smallest absolute Gasteiger partial charge is 0.131 e.